The van der Waals surface area contributed by atoms with Crippen molar-refractivity contribution in [2.75, 3.05) is 12.4 Å². The van der Waals surface area contributed by atoms with E-state index < -0.39 is 0 Å². The maximum absolute atomic E-state index is 11.9. The summed E-state index contributed by atoms with van der Waals surface area (Å²) < 4.78 is 11.1. The number of nitrogens with zero attached hydrogens (tertiary/aromatic N) is 2. The van der Waals surface area contributed by atoms with Crippen molar-refractivity contribution in [3.05, 3.63) is 36.2 Å². The Kier molecular flexibility index (Phi) is 3.80. The number of nitrogens with one attached hydrogen (secondary N) is 1. The first-order chi connectivity index (χ1) is 11.8. The molecule has 2 aliphatic rings. The molecule has 2 aromatic rings. The van der Waals surface area contributed by atoms with Gasteiger partial charge in [0.05, 0.1) is 25.1 Å². The quantitative estimate of drug-likeness (QED) is 0.933. The Morgan fingerprint density at radius 1 is 1.29 bits per heavy atom. The molecular weight excluding hydrogens is 306 g/mol. The number of hydrogen-bond donors (Lipinski definition) is 1. The van der Waals surface area contributed by atoms with Gasteiger partial charge in [-0.3, -0.25) is 9.78 Å². The number of anilines is 1. The van der Waals surface area contributed by atoms with Gasteiger partial charge in [0.1, 0.15) is 17.4 Å². The third kappa shape index (κ3) is 2.79. The lowest BCUT2D eigenvalue weighted by Crippen LogP contribution is -2.15. The van der Waals surface area contributed by atoms with Gasteiger partial charge < -0.3 is 14.8 Å². The SMILES string of the molecule is COc1ccc(C2CCC=CO2)c2ncc(NC(=O)C3CC3)nc12. The minimum Gasteiger partial charge on any atom is -0.494 e. The number of methoxy groups -OCH3 is 1. The summed E-state index contributed by atoms with van der Waals surface area (Å²) in [5.74, 6) is 1.23. The highest BCUT2D eigenvalue weighted by molar-refractivity contribution is 5.94. The van der Waals surface area contributed by atoms with Crippen LogP contribution in [0.25, 0.3) is 11.0 Å². The number of ether oxygens (including phenoxy) is 2. The lowest BCUT2D eigenvalue weighted by molar-refractivity contribution is -0.117. The zero-order valence-electron chi connectivity index (χ0n) is 13.5. The molecule has 0 bridgehead atoms. The summed E-state index contributed by atoms with van der Waals surface area (Å²) in [4.78, 5) is 21.0. The monoisotopic (exact) mass is 325 g/mol. The number of amides is 1. The molecule has 0 saturated heterocycles. The summed E-state index contributed by atoms with van der Waals surface area (Å²) in [6.45, 7) is 0. The Hall–Kier alpha value is -2.63. The van der Waals surface area contributed by atoms with Gasteiger partial charge in [-0.2, -0.15) is 0 Å². The smallest absolute Gasteiger partial charge is 0.228 e. The minimum absolute atomic E-state index is 0.0134. The standard InChI is InChI=1S/C18H19N3O3/c1-23-14-8-7-12(13-4-2-3-9-24-13)16-17(14)20-15(10-19-16)21-18(22)11-5-6-11/h3,7-11,13H,2,4-6H2,1H3,(H,20,21,22). The predicted molar refractivity (Wildman–Crippen MR) is 89.6 cm³/mol. The molecule has 1 aromatic heterocycles. The van der Waals surface area contributed by atoms with Crippen LogP contribution in [-0.4, -0.2) is 23.0 Å². The van der Waals surface area contributed by atoms with Crippen molar-refractivity contribution in [3.63, 3.8) is 0 Å². The molecule has 0 radical (unpaired) electrons. The Bertz CT molecular complexity index is 815. The molecule has 1 fully saturated rings. The fraction of sp³-hybridized carbons (Fsp3) is 0.389. The number of rotatable bonds is 4. The average Bonchev–Trinajstić information content (AvgIpc) is 3.46. The van der Waals surface area contributed by atoms with Gasteiger partial charge >= 0.3 is 0 Å². The fourth-order valence-electron chi connectivity index (χ4n) is 2.92. The van der Waals surface area contributed by atoms with E-state index >= 15 is 0 Å². The van der Waals surface area contributed by atoms with E-state index in [1.165, 1.54) is 0 Å². The van der Waals surface area contributed by atoms with Crippen LogP contribution in [0.2, 0.25) is 0 Å². The summed E-state index contributed by atoms with van der Waals surface area (Å²) in [6.07, 6.45) is 9.09. The van der Waals surface area contributed by atoms with Crippen LogP contribution in [0, 0.1) is 5.92 Å². The first-order valence-corrected chi connectivity index (χ1v) is 8.21. The van der Waals surface area contributed by atoms with Gasteiger partial charge in [-0.1, -0.05) is 0 Å². The van der Waals surface area contributed by atoms with Gasteiger partial charge in [0.2, 0.25) is 5.91 Å². The largest absolute Gasteiger partial charge is 0.494 e. The van der Waals surface area contributed by atoms with Crippen molar-refractivity contribution in [1.82, 2.24) is 9.97 Å². The molecule has 1 aliphatic heterocycles. The van der Waals surface area contributed by atoms with E-state index in [4.69, 9.17) is 9.47 Å². The number of benzene rings is 1. The van der Waals surface area contributed by atoms with Crippen molar-refractivity contribution in [2.24, 2.45) is 5.92 Å². The Morgan fingerprint density at radius 3 is 2.88 bits per heavy atom. The summed E-state index contributed by atoms with van der Waals surface area (Å²) >= 11 is 0. The molecule has 1 saturated carbocycles. The second-order valence-electron chi connectivity index (χ2n) is 6.15. The van der Waals surface area contributed by atoms with Crippen LogP contribution in [0.5, 0.6) is 5.75 Å². The molecule has 1 aliphatic carbocycles. The van der Waals surface area contributed by atoms with Crippen molar-refractivity contribution >= 4 is 22.8 Å². The van der Waals surface area contributed by atoms with Gasteiger partial charge in [0.15, 0.2) is 5.82 Å². The van der Waals surface area contributed by atoms with Crippen molar-refractivity contribution in [1.29, 1.82) is 0 Å². The first kappa shape index (κ1) is 14.9. The van der Waals surface area contributed by atoms with Gasteiger partial charge in [-0.05, 0) is 43.9 Å². The van der Waals surface area contributed by atoms with E-state index in [9.17, 15) is 4.79 Å². The Balaban J connectivity index is 1.73. The molecule has 0 spiro atoms. The van der Waals surface area contributed by atoms with Crippen molar-refractivity contribution in [2.45, 2.75) is 31.8 Å². The number of allylic oxidation sites excluding steroid dienone is 1. The van der Waals surface area contributed by atoms with E-state index in [0.29, 0.717) is 17.1 Å². The highest BCUT2D eigenvalue weighted by atomic mass is 16.5. The average molecular weight is 325 g/mol. The molecule has 2 heterocycles. The van der Waals surface area contributed by atoms with Crippen molar-refractivity contribution in [3.8, 4) is 5.75 Å². The van der Waals surface area contributed by atoms with Crippen molar-refractivity contribution < 1.29 is 14.3 Å². The summed E-state index contributed by atoms with van der Waals surface area (Å²) in [7, 11) is 1.60. The van der Waals surface area contributed by atoms with Gasteiger partial charge in [-0.25, -0.2) is 4.98 Å². The van der Waals surface area contributed by atoms with Crippen LogP contribution >= 0.6 is 0 Å². The lowest BCUT2D eigenvalue weighted by atomic mass is 10.0. The normalized spacial score (nSPS) is 19.8. The third-order valence-corrected chi connectivity index (χ3v) is 4.39. The van der Waals surface area contributed by atoms with E-state index in [-0.39, 0.29) is 17.9 Å². The van der Waals surface area contributed by atoms with Gasteiger partial charge in [-0.15, -0.1) is 0 Å². The predicted octanol–water partition coefficient (Wildman–Crippen LogP) is 3.35. The maximum Gasteiger partial charge on any atom is 0.228 e. The van der Waals surface area contributed by atoms with Gasteiger partial charge in [0.25, 0.3) is 0 Å². The molecule has 6 heteroatoms. The van der Waals surface area contributed by atoms with E-state index in [1.807, 2.05) is 18.2 Å². The molecule has 1 amide bonds. The lowest BCUT2D eigenvalue weighted by Gasteiger charge is -2.21. The van der Waals surface area contributed by atoms with Crippen LogP contribution in [0.4, 0.5) is 5.82 Å². The van der Waals surface area contributed by atoms with E-state index in [0.717, 1.165) is 36.8 Å². The topological polar surface area (TPSA) is 73.3 Å². The number of aromatic nitrogens is 2. The summed E-state index contributed by atoms with van der Waals surface area (Å²) in [5, 5.41) is 2.84. The number of hydrogen-bond acceptors (Lipinski definition) is 5. The number of fused-ring (bicyclic) bond motifs is 1. The molecule has 1 aromatic carbocycles. The van der Waals surface area contributed by atoms with E-state index in [1.54, 1.807) is 19.6 Å². The Morgan fingerprint density at radius 2 is 2.17 bits per heavy atom. The molecule has 1 N–H and O–H groups in total. The fourth-order valence-corrected chi connectivity index (χ4v) is 2.92. The highest BCUT2D eigenvalue weighted by Crippen LogP contribution is 2.35. The molecular formula is C18H19N3O3. The molecule has 1 atom stereocenters. The molecule has 1 unspecified atom stereocenters. The third-order valence-electron chi connectivity index (χ3n) is 4.39. The summed E-state index contributed by atoms with van der Waals surface area (Å²) in [5.41, 5.74) is 2.38. The van der Waals surface area contributed by atoms with Gasteiger partial charge in [0, 0.05) is 11.5 Å². The maximum atomic E-state index is 11.9. The second-order valence-corrected chi connectivity index (χ2v) is 6.15. The van der Waals surface area contributed by atoms with Crippen LogP contribution in [-0.2, 0) is 9.53 Å². The van der Waals surface area contributed by atoms with Crippen LogP contribution < -0.4 is 10.1 Å². The Labute approximate surface area is 139 Å². The second kappa shape index (κ2) is 6.11. The number of carbonyl (C=O) groups is 1. The first-order valence-electron chi connectivity index (χ1n) is 8.21. The molecule has 124 valence electrons. The highest BCUT2D eigenvalue weighted by Gasteiger charge is 2.30. The minimum atomic E-state index is -0.0374. The zero-order valence-corrected chi connectivity index (χ0v) is 13.5. The molecule has 6 nitrogen and oxygen atoms in total. The zero-order chi connectivity index (χ0) is 16.5. The van der Waals surface area contributed by atoms with Crippen LogP contribution in [0.1, 0.15) is 37.4 Å². The molecule has 4 rings (SSSR count). The van der Waals surface area contributed by atoms with E-state index in [2.05, 4.69) is 15.3 Å². The molecule has 24 heavy (non-hydrogen) atoms. The van der Waals surface area contributed by atoms with Crippen LogP contribution in [0.15, 0.2) is 30.7 Å². The number of carbonyl (C=O) groups excluding carboxylic acids is 1. The van der Waals surface area contributed by atoms with Crippen LogP contribution in [0.3, 0.4) is 0 Å². The summed E-state index contributed by atoms with van der Waals surface area (Å²) in [6, 6.07) is 3.85.